The van der Waals surface area contributed by atoms with Crippen LogP contribution in [0.15, 0.2) is 48.5 Å². The lowest BCUT2D eigenvalue weighted by atomic mass is 10.1. The van der Waals surface area contributed by atoms with Gasteiger partial charge in [-0.25, -0.2) is 4.79 Å². The van der Waals surface area contributed by atoms with E-state index in [1.54, 1.807) is 36.4 Å². The fourth-order valence-corrected chi connectivity index (χ4v) is 2.21. The topological polar surface area (TPSA) is 217 Å². The number of nitrogens with one attached hydrogen (secondary N) is 1. The molecule has 0 aromatic heterocycles. The molecule has 1 amide bonds. The predicted molar refractivity (Wildman–Crippen MR) is 130 cm³/mol. The number of methoxy groups -OCH3 is 1. The van der Waals surface area contributed by atoms with Gasteiger partial charge in [0.25, 0.3) is 0 Å². The van der Waals surface area contributed by atoms with Gasteiger partial charge in [0.1, 0.15) is 18.1 Å². The number of anilines is 1. The maximum Gasteiger partial charge on any atom is 0.335 e. The van der Waals surface area contributed by atoms with E-state index in [0.29, 0.717) is 30.0 Å². The number of rotatable bonds is 9. The molecule has 11 heteroatoms. The summed E-state index contributed by atoms with van der Waals surface area (Å²) in [4.78, 5) is 41.3. The number of ether oxygens (including phenoxy) is 1. The van der Waals surface area contributed by atoms with Gasteiger partial charge in [-0.3, -0.25) is 14.4 Å². The highest BCUT2D eigenvalue weighted by Gasteiger charge is 2.09. The summed E-state index contributed by atoms with van der Waals surface area (Å²) in [7, 11) is 1.54. The van der Waals surface area contributed by atoms with E-state index < -0.39 is 18.0 Å². The van der Waals surface area contributed by atoms with E-state index in [0.717, 1.165) is 19.1 Å². The van der Waals surface area contributed by atoms with E-state index in [2.05, 4.69) is 5.32 Å². The SMILES string of the molecule is CC(=O)Nc1ccc(C=O)cc1.COc1ccc(C(=O)O)cc1.N.NCCCC[C@H](N)C(=O)O. The Bertz CT molecular complexity index is 872. The molecule has 0 aliphatic heterocycles. The van der Waals surface area contributed by atoms with Crippen LogP contribution in [0.4, 0.5) is 5.69 Å². The fourth-order valence-electron chi connectivity index (χ4n) is 2.21. The summed E-state index contributed by atoms with van der Waals surface area (Å²) >= 11 is 0. The third-order valence-electron chi connectivity index (χ3n) is 3.99. The molecule has 0 fully saturated rings. The van der Waals surface area contributed by atoms with Crippen LogP contribution in [0.25, 0.3) is 0 Å². The Morgan fingerprint density at radius 1 is 1.03 bits per heavy atom. The number of carbonyl (C=O) groups excluding carboxylic acids is 2. The monoisotopic (exact) mass is 478 g/mol. The molecule has 0 bridgehead atoms. The van der Waals surface area contributed by atoms with Gasteiger partial charge in [-0.15, -0.1) is 0 Å². The first-order chi connectivity index (χ1) is 15.6. The number of amides is 1. The van der Waals surface area contributed by atoms with E-state index in [-0.39, 0.29) is 17.6 Å². The van der Waals surface area contributed by atoms with Crippen molar-refractivity contribution in [3.05, 3.63) is 59.7 Å². The third-order valence-corrected chi connectivity index (χ3v) is 3.99. The summed E-state index contributed by atoms with van der Waals surface area (Å²) in [5, 5.41) is 19.4. The number of hydrogen-bond donors (Lipinski definition) is 6. The van der Waals surface area contributed by atoms with E-state index in [4.69, 9.17) is 26.4 Å². The van der Waals surface area contributed by atoms with Crippen LogP contribution in [0.5, 0.6) is 5.75 Å². The molecule has 0 radical (unpaired) electrons. The van der Waals surface area contributed by atoms with Gasteiger partial charge in [0.15, 0.2) is 0 Å². The van der Waals surface area contributed by atoms with E-state index in [1.807, 2.05) is 0 Å². The van der Waals surface area contributed by atoms with Crippen LogP contribution in [0, 0.1) is 0 Å². The van der Waals surface area contributed by atoms with E-state index >= 15 is 0 Å². The average Bonchev–Trinajstić information content (AvgIpc) is 2.80. The smallest absolute Gasteiger partial charge is 0.335 e. The Labute approximate surface area is 198 Å². The second-order valence-electron chi connectivity index (χ2n) is 6.68. The molecule has 2 rings (SSSR count). The van der Waals surface area contributed by atoms with Crippen molar-refractivity contribution < 1.29 is 34.1 Å². The molecule has 0 aliphatic carbocycles. The highest BCUT2D eigenvalue weighted by molar-refractivity contribution is 5.89. The van der Waals surface area contributed by atoms with Gasteiger partial charge in [0.2, 0.25) is 5.91 Å². The van der Waals surface area contributed by atoms with Gasteiger partial charge < -0.3 is 37.9 Å². The van der Waals surface area contributed by atoms with Crippen molar-refractivity contribution in [1.29, 1.82) is 0 Å². The number of aldehydes is 1. The molecule has 0 saturated carbocycles. The average molecular weight is 479 g/mol. The molecule has 10 N–H and O–H groups in total. The zero-order valence-electron chi connectivity index (χ0n) is 19.4. The van der Waals surface area contributed by atoms with Gasteiger partial charge in [0.05, 0.1) is 12.7 Å². The van der Waals surface area contributed by atoms with Crippen molar-refractivity contribution in [1.82, 2.24) is 6.15 Å². The van der Waals surface area contributed by atoms with Gasteiger partial charge in [-0.1, -0.05) is 6.42 Å². The number of carboxylic acids is 2. The normalized spacial score (nSPS) is 10.0. The van der Waals surface area contributed by atoms with Crippen molar-refractivity contribution in [3.8, 4) is 5.75 Å². The van der Waals surface area contributed by atoms with Crippen LogP contribution in [0.3, 0.4) is 0 Å². The van der Waals surface area contributed by atoms with Crippen molar-refractivity contribution in [2.45, 2.75) is 32.2 Å². The number of carboxylic acid groups (broad SMARTS) is 2. The van der Waals surface area contributed by atoms with Crippen molar-refractivity contribution in [3.63, 3.8) is 0 Å². The summed E-state index contributed by atoms with van der Waals surface area (Å²) in [6.45, 7) is 2.04. The molecular formula is C23H34N4O7. The largest absolute Gasteiger partial charge is 0.497 e. The molecule has 0 unspecified atom stereocenters. The minimum absolute atomic E-state index is 0. The number of hydrogen-bond acceptors (Lipinski definition) is 8. The first kappa shape index (κ1) is 32.4. The first-order valence-corrected chi connectivity index (χ1v) is 10.0. The Morgan fingerprint density at radius 2 is 1.59 bits per heavy atom. The standard InChI is InChI=1S/C9H9NO2.C8H8O3.C6H14N2O2.H3N/c1-7(12)10-9-4-2-8(6-11)3-5-9;1-11-7-4-2-6(3-5-7)8(9)10;7-4-2-1-3-5(8)6(9)10;/h2-6H,1H3,(H,10,12);2-5H,1H3,(H,9,10);5H,1-4,7-8H2,(H,9,10);1H3/t;;5-;/m..0./s1. The summed E-state index contributed by atoms with van der Waals surface area (Å²) in [6, 6.07) is 12.2. The van der Waals surface area contributed by atoms with Crippen LogP contribution < -0.4 is 27.7 Å². The molecule has 1 atom stereocenters. The van der Waals surface area contributed by atoms with E-state index in [9.17, 15) is 19.2 Å². The third kappa shape index (κ3) is 15.1. The Morgan fingerprint density at radius 3 is 1.97 bits per heavy atom. The molecule has 0 heterocycles. The highest BCUT2D eigenvalue weighted by Crippen LogP contribution is 2.10. The van der Waals surface area contributed by atoms with Crippen LogP contribution >= 0.6 is 0 Å². The van der Waals surface area contributed by atoms with Gasteiger partial charge in [-0.2, -0.15) is 0 Å². The summed E-state index contributed by atoms with van der Waals surface area (Å²) in [5.41, 5.74) is 12.0. The van der Waals surface area contributed by atoms with E-state index in [1.165, 1.54) is 26.2 Å². The lowest BCUT2D eigenvalue weighted by Crippen LogP contribution is -2.29. The number of aliphatic carboxylic acids is 1. The predicted octanol–water partition coefficient (Wildman–Crippen LogP) is 2.54. The molecule has 2 aromatic rings. The summed E-state index contributed by atoms with van der Waals surface area (Å²) in [6.07, 6.45) is 2.93. The van der Waals surface area contributed by atoms with Crippen molar-refractivity contribution in [2.75, 3.05) is 19.0 Å². The Kier molecular flexibility index (Phi) is 17.8. The molecule has 11 nitrogen and oxygen atoms in total. The number of aromatic carboxylic acids is 1. The Hall–Kier alpha value is -3.80. The zero-order chi connectivity index (χ0) is 25.2. The number of unbranched alkanes of at least 4 members (excludes halogenated alkanes) is 1. The van der Waals surface area contributed by atoms with Crippen molar-refractivity contribution in [2.24, 2.45) is 11.5 Å². The first-order valence-electron chi connectivity index (χ1n) is 10.0. The lowest BCUT2D eigenvalue weighted by Gasteiger charge is -2.03. The molecule has 188 valence electrons. The summed E-state index contributed by atoms with van der Waals surface area (Å²) in [5.74, 6) is -1.31. The lowest BCUT2D eigenvalue weighted by molar-refractivity contribution is -0.138. The zero-order valence-corrected chi connectivity index (χ0v) is 19.4. The van der Waals surface area contributed by atoms with Crippen LogP contribution in [-0.4, -0.2) is 54.0 Å². The maximum absolute atomic E-state index is 10.6. The molecule has 34 heavy (non-hydrogen) atoms. The number of benzene rings is 2. The number of nitrogens with two attached hydrogens (primary N) is 2. The van der Waals surface area contributed by atoms with Crippen LogP contribution in [0.2, 0.25) is 0 Å². The van der Waals surface area contributed by atoms with Gasteiger partial charge in [0, 0.05) is 18.2 Å². The second kappa shape index (κ2) is 18.7. The van der Waals surface area contributed by atoms with Crippen LogP contribution in [0.1, 0.15) is 46.9 Å². The molecular weight excluding hydrogens is 444 g/mol. The number of carbonyl (C=O) groups is 4. The van der Waals surface area contributed by atoms with Gasteiger partial charge in [-0.05, 0) is 67.9 Å². The second-order valence-corrected chi connectivity index (χ2v) is 6.68. The molecule has 0 aliphatic rings. The van der Waals surface area contributed by atoms with Crippen LogP contribution in [-0.2, 0) is 9.59 Å². The Balaban J connectivity index is 0. The molecule has 2 aromatic carbocycles. The fraction of sp³-hybridized carbons (Fsp3) is 0.304. The molecule has 0 saturated heterocycles. The molecule has 0 spiro atoms. The quantitative estimate of drug-likeness (QED) is 0.228. The summed E-state index contributed by atoms with van der Waals surface area (Å²) < 4.78 is 4.86. The highest BCUT2D eigenvalue weighted by atomic mass is 16.5. The van der Waals surface area contributed by atoms with Gasteiger partial charge >= 0.3 is 11.9 Å². The minimum atomic E-state index is -0.933. The maximum atomic E-state index is 10.6. The van der Waals surface area contributed by atoms with Crippen molar-refractivity contribution >= 4 is 29.8 Å². The minimum Gasteiger partial charge on any atom is -0.497 e.